The highest BCUT2D eigenvalue weighted by atomic mass is 32.1. The van der Waals surface area contributed by atoms with Crippen LogP contribution in [0, 0.1) is 6.92 Å². The molecule has 0 unspecified atom stereocenters. The lowest BCUT2D eigenvalue weighted by Gasteiger charge is -2.28. The molecule has 1 aliphatic heterocycles. The summed E-state index contributed by atoms with van der Waals surface area (Å²) in [5.74, 6) is 0.788. The molecule has 1 amide bonds. The number of nitrogens with one attached hydrogen (secondary N) is 2. The molecule has 1 aromatic carbocycles. The molecule has 0 radical (unpaired) electrons. The summed E-state index contributed by atoms with van der Waals surface area (Å²) in [5, 5.41) is 7.15. The van der Waals surface area contributed by atoms with Crippen molar-refractivity contribution in [2.24, 2.45) is 0 Å². The fourth-order valence-corrected chi connectivity index (χ4v) is 5.13. The lowest BCUT2D eigenvalue weighted by atomic mass is 10.0. The molecular weight excluding hydrogens is 480 g/mol. The van der Waals surface area contributed by atoms with Crippen LogP contribution in [-0.2, 0) is 11.2 Å². The van der Waals surface area contributed by atoms with Gasteiger partial charge in [0.2, 0.25) is 5.91 Å². The van der Waals surface area contributed by atoms with Gasteiger partial charge in [0.25, 0.3) is 0 Å². The number of aryl methyl sites for hydroxylation is 2. The monoisotopic (exact) mass is 510 g/mol. The van der Waals surface area contributed by atoms with Gasteiger partial charge in [0.15, 0.2) is 5.11 Å². The highest BCUT2D eigenvalue weighted by molar-refractivity contribution is 7.80. The molecule has 2 atom stereocenters. The standard InChI is InChI=1S/C29H30N6OS/c1-3-21-9-4-5-10-22(21)32-26(36)15-18-35-28(27(33-29(35)37)23-11-6-7-16-30-23)24-12-8-17-34(24)25-14-13-20(2)19-31-25/h4-14,16-17,19,27-28H,3,15,18H2,1-2H3,(H,32,36)(H,33,37)/t27-,28+/m1/s1. The summed E-state index contributed by atoms with van der Waals surface area (Å²) in [6.07, 6.45) is 6.82. The Balaban J connectivity index is 1.43. The van der Waals surface area contributed by atoms with Crippen LogP contribution >= 0.6 is 12.2 Å². The fourth-order valence-electron chi connectivity index (χ4n) is 4.80. The maximum Gasteiger partial charge on any atom is 0.226 e. The molecule has 3 aromatic heterocycles. The van der Waals surface area contributed by atoms with Gasteiger partial charge in [0, 0.05) is 42.9 Å². The summed E-state index contributed by atoms with van der Waals surface area (Å²) in [6.45, 7) is 4.57. The average molecular weight is 511 g/mol. The molecule has 7 nitrogen and oxygen atoms in total. The summed E-state index contributed by atoms with van der Waals surface area (Å²) < 4.78 is 2.08. The molecule has 8 heteroatoms. The van der Waals surface area contributed by atoms with E-state index in [4.69, 9.17) is 12.2 Å². The second-order valence-corrected chi connectivity index (χ2v) is 9.51. The molecule has 0 saturated carbocycles. The van der Waals surface area contributed by atoms with E-state index < -0.39 is 0 Å². The van der Waals surface area contributed by atoms with E-state index in [0.29, 0.717) is 18.1 Å². The normalized spacial score (nSPS) is 17.0. The Morgan fingerprint density at radius 3 is 2.65 bits per heavy atom. The minimum Gasteiger partial charge on any atom is -0.352 e. The Morgan fingerprint density at radius 1 is 1.05 bits per heavy atom. The molecule has 1 aliphatic rings. The molecule has 0 aliphatic carbocycles. The minimum absolute atomic E-state index is 0.0423. The molecular formula is C29H30N6OS. The van der Waals surface area contributed by atoms with Crippen molar-refractivity contribution < 1.29 is 4.79 Å². The molecule has 1 saturated heterocycles. The van der Waals surface area contributed by atoms with Gasteiger partial charge in [-0.1, -0.05) is 37.3 Å². The van der Waals surface area contributed by atoms with E-state index >= 15 is 0 Å². The Labute approximate surface area is 222 Å². The quantitative estimate of drug-likeness (QED) is 0.320. The zero-order valence-electron chi connectivity index (χ0n) is 21.0. The first-order chi connectivity index (χ1) is 18.0. The number of pyridine rings is 2. The van der Waals surface area contributed by atoms with Gasteiger partial charge in [-0.05, 0) is 73.1 Å². The van der Waals surface area contributed by atoms with Gasteiger partial charge in [0.1, 0.15) is 5.82 Å². The second kappa shape index (κ2) is 10.9. The number of amides is 1. The summed E-state index contributed by atoms with van der Waals surface area (Å²) in [6, 6.07) is 21.6. The Hall–Kier alpha value is -4.04. The number of carbonyl (C=O) groups excluding carboxylic acids is 1. The molecule has 4 aromatic rings. The van der Waals surface area contributed by atoms with E-state index in [2.05, 4.69) is 49.1 Å². The summed E-state index contributed by atoms with van der Waals surface area (Å²) in [4.78, 5) is 24.3. The van der Waals surface area contributed by atoms with Gasteiger partial charge in [-0.2, -0.15) is 0 Å². The first-order valence-electron chi connectivity index (χ1n) is 12.5. The highest BCUT2D eigenvalue weighted by Gasteiger charge is 2.41. The molecule has 188 valence electrons. The van der Waals surface area contributed by atoms with E-state index in [-0.39, 0.29) is 18.0 Å². The number of benzene rings is 1. The van der Waals surface area contributed by atoms with Crippen LogP contribution in [0.15, 0.2) is 85.3 Å². The molecule has 5 rings (SSSR count). The highest BCUT2D eigenvalue weighted by Crippen LogP contribution is 2.39. The van der Waals surface area contributed by atoms with Gasteiger partial charge >= 0.3 is 0 Å². The van der Waals surface area contributed by atoms with Crippen molar-refractivity contribution in [3.05, 3.63) is 108 Å². The first kappa shape index (κ1) is 24.6. The third kappa shape index (κ3) is 5.24. The lowest BCUT2D eigenvalue weighted by Crippen LogP contribution is -2.33. The van der Waals surface area contributed by atoms with Crippen LogP contribution in [0.25, 0.3) is 5.82 Å². The van der Waals surface area contributed by atoms with Crippen LogP contribution in [-0.4, -0.2) is 37.0 Å². The Kier molecular flexibility index (Phi) is 7.28. The van der Waals surface area contributed by atoms with Crippen molar-refractivity contribution in [3.8, 4) is 5.82 Å². The van der Waals surface area contributed by atoms with E-state index in [1.54, 1.807) is 6.20 Å². The number of carbonyl (C=O) groups is 1. The number of hydrogen-bond acceptors (Lipinski definition) is 4. The number of rotatable bonds is 8. The number of nitrogens with zero attached hydrogens (tertiary/aromatic N) is 4. The predicted molar refractivity (Wildman–Crippen MR) is 150 cm³/mol. The molecule has 4 heterocycles. The van der Waals surface area contributed by atoms with E-state index in [9.17, 15) is 4.79 Å². The van der Waals surface area contributed by atoms with Crippen LogP contribution in [0.4, 0.5) is 5.69 Å². The van der Waals surface area contributed by atoms with Crippen LogP contribution in [0.3, 0.4) is 0 Å². The van der Waals surface area contributed by atoms with Crippen molar-refractivity contribution in [2.45, 2.75) is 38.8 Å². The fraction of sp³-hybridized carbons (Fsp3) is 0.241. The van der Waals surface area contributed by atoms with Gasteiger partial charge in [0.05, 0.1) is 17.8 Å². The van der Waals surface area contributed by atoms with E-state index in [1.165, 1.54) is 0 Å². The molecule has 0 bridgehead atoms. The number of hydrogen-bond donors (Lipinski definition) is 2. The number of thiocarbonyl (C=S) groups is 1. The maximum atomic E-state index is 13.0. The SMILES string of the molecule is CCc1ccccc1NC(=O)CCN1C(=S)N[C@H](c2ccccn2)[C@@H]1c1cccn1-c1ccc(C)cn1. The third-order valence-electron chi connectivity index (χ3n) is 6.68. The smallest absolute Gasteiger partial charge is 0.226 e. The van der Waals surface area contributed by atoms with E-state index in [1.807, 2.05) is 73.9 Å². The van der Waals surface area contributed by atoms with Crippen LogP contribution in [0.2, 0.25) is 0 Å². The second-order valence-electron chi connectivity index (χ2n) is 9.13. The topological polar surface area (TPSA) is 75.1 Å². The summed E-state index contributed by atoms with van der Waals surface area (Å²) in [7, 11) is 0. The first-order valence-corrected chi connectivity index (χ1v) is 12.9. The van der Waals surface area contributed by atoms with Gasteiger partial charge in [-0.3, -0.25) is 9.78 Å². The number of para-hydroxylation sites is 1. The van der Waals surface area contributed by atoms with Crippen molar-refractivity contribution in [1.82, 2.24) is 24.8 Å². The van der Waals surface area contributed by atoms with Gasteiger partial charge in [-0.25, -0.2) is 4.98 Å². The van der Waals surface area contributed by atoms with Crippen LogP contribution < -0.4 is 10.6 Å². The number of anilines is 1. The van der Waals surface area contributed by atoms with Crippen molar-refractivity contribution in [1.29, 1.82) is 0 Å². The lowest BCUT2D eigenvalue weighted by molar-refractivity contribution is -0.116. The summed E-state index contributed by atoms with van der Waals surface area (Å²) >= 11 is 5.80. The van der Waals surface area contributed by atoms with Gasteiger partial charge in [-0.15, -0.1) is 0 Å². The molecule has 37 heavy (non-hydrogen) atoms. The zero-order valence-corrected chi connectivity index (χ0v) is 21.8. The van der Waals surface area contributed by atoms with Crippen molar-refractivity contribution >= 4 is 28.9 Å². The van der Waals surface area contributed by atoms with Crippen LogP contribution in [0.5, 0.6) is 0 Å². The Morgan fingerprint density at radius 2 is 1.89 bits per heavy atom. The average Bonchev–Trinajstić information content (AvgIpc) is 3.53. The summed E-state index contributed by atoms with van der Waals surface area (Å²) in [5.41, 5.74) is 4.99. The zero-order chi connectivity index (χ0) is 25.8. The van der Waals surface area contributed by atoms with Crippen molar-refractivity contribution in [2.75, 3.05) is 11.9 Å². The Bertz CT molecular complexity index is 1390. The molecule has 0 spiro atoms. The largest absolute Gasteiger partial charge is 0.352 e. The molecule has 1 fully saturated rings. The molecule has 2 N–H and O–H groups in total. The van der Waals surface area contributed by atoms with Crippen molar-refractivity contribution in [3.63, 3.8) is 0 Å². The van der Waals surface area contributed by atoms with E-state index in [0.717, 1.165) is 40.4 Å². The minimum atomic E-state index is -0.170. The maximum absolute atomic E-state index is 13.0. The predicted octanol–water partition coefficient (Wildman–Crippen LogP) is 5.14. The third-order valence-corrected chi connectivity index (χ3v) is 7.03. The number of aromatic nitrogens is 3. The van der Waals surface area contributed by atoms with Crippen LogP contribution in [0.1, 0.15) is 47.9 Å². The van der Waals surface area contributed by atoms with Gasteiger partial charge < -0.3 is 20.1 Å².